The minimum Gasteiger partial charge on any atom is -0.320 e. The molecule has 1 aromatic heterocycles. The maximum atomic E-state index is 3.17. The second-order valence-electron chi connectivity index (χ2n) is 3.15. The second-order valence-corrected chi connectivity index (χ2v) is 4.61. The molecular weight excluding hydrogens is 166 g/mol. The van der Waals surface area contributed by atoms with Crippen LogP contribution in [0, 0.1) is 13.8 Å². The van der Waals surface area contributed by atoms with Crippen molar-refractivity contribution in [2.45, 2.75) is 26.7 Å². The van der Waals surface area contributed by atoms with Crippen molar-refractivity contribution >= 4 is 11.3 Å². The monoisotopic (exact) mass is 183 g/mol. The zero-order valence-corrected chi connectivity index (χ0v) is 8.92. The summed E-state index contributed by atoms with van der Waals surface area (Å²) in [4.78, 5) is 2.93. The van der Waals surface area contributed by atoms with E-state index < -0.39 is 0 Å². The van der Waals surface area contributed by atoms with E-state index in [0.29, 0.717) is 0 Å². The molecule has 1 aromatic rings. The van der Waals surface area contributed by atoms with Crippen molar-refractivity contribution in [3.05, 3.63) is 21.4 Å². The average Bonchev–Trinajstić information content (AvgIpc) is 2.31. The lowest BCUT2D eigenvalue weighted by atomic mass is 10.1. The maximum Gasteiger partial charge on any atom is 0.00490 e. The molecule has 0 aliphatic carbocycles. The van der Waals surface area contributed by atoms with E-state index in [9.17, 15) is 0 Å². The second kappa shape index (κ2) is 4.63. The first-order valence-corrected chi connectivity index (χ1v) is 5.26. The average molecular weight is 183 g/mol. The van der Waals surface area contributed by atoms with Crippen LogP contribution in [-0.4, -0.2) is 13.6 Å². The first-order chi connectivity index (χ1) is 5.74. The van der Waals surface area contributed by atoms with Crippen LogP contribution in [0.1, 0.15) is 21.7 Å². The largest absolute Gasteiger partial charge is 0.320 e. The molecule has 0 saturated carbocycles. The molecule has 0 aliphatic rings. The summed E-state index contributed by atoms with van der Waals surface area (Å²) in [5.74, 6) is 0. The Morgan fingerprint density at radius 1 is 1.42 bits per heavy atom. The molecular formula is C10H17NS. The fourth-order valence-electron chi connectivity index (χ4n) is 1.39. The predicted octanol–water partition coefficient (Wildman–Crippen LogP) is 2.52. The standard InChI is InChI=1S/C10H17NS/c1-8-7-10(9(2)12-8)5-4-6-11-3/h7,11H,4-6H2,1-3H3. The minimum atomic E-state index is 1.12. The van der Waals surface area contributed by atoms with Crippen LogP contribution in [0.4, 0.5) is 0 Å². The quantitative estimate of drug-likeness (QED) is 0.707. The van der Waals surface area contributed by atoms with Crippen molar-refractivity contribution in [1.29, 1.82) is 0 Å². The van der Waals surface area contributed by atoms with Crippen molar-refractivity contribution in [2.24, 2.45) is 0 Å². The van der Waals surface area contributed by atoms with Gasteiger partial charge in [-0.15, -0.1) is 11.3 Å². The highest BCUT2D eigenvalue weighted by Gasteiger charge is 2.01. The van der Waals surface area contributed by atoms with Gasteiger partial charge in [-0.05, 0) is 51.9 Å². The van der Waals surface area contributed by atoms with Gasteiger partial charge in [0.25, 0.3) is 0 Å². The van der Waals surface area contributed by atoms with E-state index in [-0.39, 0.29) is 0 Å². The summed E-state index contributed by atoms with van der Waals surface area (Å²) < 4.78 is 0. The molecule has 0 aromatic carbocycles. The van der Waals surface area contributed by atoms with Crippen molar-refractivity contribution in [1.82, 2.24) is 5.32 Å². The Morgan fingerprint density at radius 3 is 2.67 bits per heavy atom. The van der Waals surface area contributed by atoms with E-state index in [1.165, 1.54) is 28.2 Å². The molecule has 0 amide bonds. The molecule has 0 bridgehead atoms. The van der Waals surface area contributed by atoms with Gasteiger partial charge in [0.1, 0.15) is 0 Å². The first-order valence-electron chi connectivity index (χ1n) is 4.44. The molecule has 0 atom stereocenters. The van der Waals surface area contributed by atoms with Crippen LogP contribution >= 0.6 is 11.3 Å². The first kappa shape index (κ1) is 9.75. The topological polar surface area (TPSA) is 12.0 Å². The zero-order valence-electron chi connectivity index (χ0n) is 8.11. The minimum absolute atomic E-state index is 1.12. The third-order valence-corrected chi connectivity index (χ3v) is 3.02. The predicted molar refractivity (Wildman–Crippen MR) is 56.0 cm³/mol. The third-order valence-electron chi connectivity index (χ3n) is 2.02. The molecule has 0 spiro atoms. The smallest absolute Gasteiger partial charge is 0.00490 e. The zero-order chi connectivity index (χ0) is 8.97. The van der Waals surface area contributed by atoms with Gasteiger partial charge < -0.3 is 5.32 Å². The van der Waals surface area contributed by atoms with E-state index >= 15 is 0 Å². The number of thiophene rings is 1. The molecule has 1 N–H and O–H groups in total. The van der Waals surface area contributed by atoms with Gasteiger partial charge in [-0.25, -0.2) is 0 Å². The molecule has 1 nitrogen and oxygen atoms in total. The number of hydrogen-bond acceptors (Lipinski definition) is 2. The fourth-order valence-corrected chi connectivity index (χ4v) is 2.36. The van der Waals surface area contributed by atoms with Gasteiger partial charge in [-0.2, -0.15) is 0 Å². The van der Waals surface area contributed by atoms with Crippen LogP contribution in [0.3, 0.4) is 0 Å². The van der Waals surface area contributed by atoms with Crippen molar-refractivity contribution in [2.75, 3.05) is 13.6 Å². The molecule has 0 aliphatic heterocycles. The highest BCUT2D eigenvalue weighted by atomic mass is 32.1. The summed E-state index contributed by atoms with van der Waals surface area (Å²) >= 11 is 1.91. The Balaban J connectivity index is 2.45. The van der Waals surface area contributed by atoms with E-state index in [2.05, 4.69) is 25.2 Å². The summed E-state index contributed by atoms with van der Waals surface area (Å²) in [6.45, 7) is 5.51. The molecule has 1 heterocycles. The van der Waals surface area contributed by atoms with Gasteiger partial charge in [0.2, 0.25) is 0 Å². The van der Waals surface area contributed by atoms with Gasteiger partial charge >= 0.3 is 0 Å². The summed E-state index contributed by atoms with van der Waals surface area (Å²) in [5.41, 5.74) is 1.53. The summed E-state index contributed by atoms with van der Waals surface area (Å²) in [6, 6.07) is 2.32. The Hall–Kier alpha value is -0.340. The highest BCUT2D eigenvalue weighted by Crippen LogP contribution is 2.21. The van der Waals surface area contributed by atoms with Gasteiger partial charge in [0.15, 0.2) is 0 Å². The van der Waals surface area contributed by atoms with Crippen LogP contribution in [0.5, 0.6) is 0 Å². The molecule has 1 rings (SSSR count). The van der Waals surface area contributed by atoms with Gasteiger partial charge in [-0.1, -0.05) is 0 Å². The Morgan fingerprint density at radius 2 is 2.17 bits per heavy atom. The molecule has 68 valence electrons. The van der Waals surface area contributed by atoms with Crippen molar-refractivity contribution in [3.63, 3.8) is 0 Å². The van der Waals surface area contributed by atoms with Gasteiger partial charge in [-0.3, -0.25) is 0 Å². The van der Waals surface area contributed by atoms with Crippen LogP contribution in [-0.2, 0) is 6.42 Å². The van der Waals surface area contributed by atoms with Crippen molar-refractivity contribution < 1.29 is 0 Å². The van der Waals surface area contributed by atoms with E-state index in [1.54, 1.807) is 0 Å². The van der Waals surface area contributed by atoms with Crippen LogP contribution in [0.15, 0.2) is 6.07 Å². The molecule has 0 unspecified atom stereocenters. The highest BCUT2D eigenvalue weighted by molar-refractivity contribution is 7.12. The van der Waals surface area contributed by atoms with E-state index in [4.69, 9.17) is 0 Å². The molecule has 0 saturated heterocycles. The molecule has 2 heteroatoms. The van der Waals surface area contributed by atoms with Crippen LogP contribution in [0.2, 0.25) is 0 Å². The SMILES string of the molecule is CNCCCc1cc(C)sc1C. The Bertz CT molecular complexity index is 240. The summed E-state index contributed by atoms with van der Waals surface area (Å²) in [6.07, 6.45) is 2.46. The number of rotatable bonds is 4. The summed E-state index contributed by atoms with van der Waals surface area (Å²) in [7, 11) is 2.01. The van der Waals surface area contributed by atoms with E-state index in [0.717, 1.165) is 6.54 Å². The van der Waals surface area contributed by atoms with Gasteiger partial charge in [0, 0.05) is 9.75 Å². The lowest BCUT2D eigenvalue weighted by molar-refractivity contribution is 0.724. The maximum absolute atomic E-state index is 3.17. The molecule has 12 heavy (non-hydrogen) atoms. The van der Waals surface area contributed by atoms with Gasteiger partial charge in [0.05, 0.1) is 0 Å². The Kier molecular flexibility index (Phi) is 3.76. The normalized spacial score (nSPS) is 10.6. The van der Waals surface area contributed by atoms with Crippen LogP contribution < -0.4 is 5.32 Å². The third kappa shape index (κ3) is 2.61. The number of nitrogens with one attached hydrogen (secondary N) is 1. The number of hydrogen-bond donors (Lipinski definition) is 1. The van der Waals surface area contributed by atoms with Crippen molar-refractivity contribution in [3.8, 4) is 0 Å². The Labute approximate surface area is 78.8 Å². The fraction of sp³-hybridized carbons (Fsp3) is 0.600. The van der Waals surface area contributed by atoms with Crippen LogP contribution in [0.25, 0.3) is 0 Å². The van der Waals surface area contributed by atoms with E-state index in [1.807, 2.05) is 18.4 Å². The molecule has 0 fully saturated rings. The lowest BCUT2D eigenvalue weighted by Crippen LogP contribution is -2.08. The summed E-state index contributed by atoms with van der Waals surface area (Å²) in [5, 5.41) is 3.17. The lowest BCUT2D eigenvalue weighted by Gasteiger charge is -1.98. The molecule has 0 radical (unpaired) electrons. The number of aryl methyl sites for hydroxylation is 3.